The molecule has 0 aromatic heterocycles. The number of piperazine rings is 1. The number of amides is 2. The lowest BCUT2D eigenvalue weighted by atomic mass is 10.2. The number of hydrogen-bond donors (Lipinski definition) is 1. The SMILES string of the molecule is COCCNC(=O)CN(C(C)=O)c1ccc(N2CCN(C)CC2)cc1. The van der Waals surface area contributed by atoms with Crippen LogP contribution in [0.15, 0.2) is 24.3 Å². The van der Waals surface area contributed by atoms with Crippen molar-refractivity contribution in [2.24, 2.45) is 0 Å². The summed E-state index contributed by atoms with van der Waals surface area (Å²) in [5.41, 5.74) is 1.87. The highest BCUT2D eigenvalue weighted by molar-refractivity contribution is 5.97. The van der Waals surface area contributed by atoms with Gasteiger partial charge in [0.05, 0.1) is 6.61 Å². The summed E-state index contributed by atoms with van der Waals surface area (Å²) in [5, 5.41) is 2.74. The minimum atomic E-state index is -0.199. The van der Waals surface area contributed by atoms with Crippen LogP contribution in [0, 0.1) is 0 Å². The Hall–Kier alpha value is -2.12. The molecule has 1 aromatic carbocycles. The van der Waals surface area contributed by atoms with E-state index < -0.39 is 0 Å². The highest BCUT2D eigenvalue weighted by Gasteiger charge is 2.17. The number of anilines is 2. The molecule has 1 saturated heterocycles. The second-order valence-corrected chi connectivity index (χ2v) is 6.25. The largest absolute Gasteiger partial charge is 0.383 e. The van der Waals surface area contributed by atoms with Crippen molar-refractivity contribution in [3.8, 4) is 0 Å². The first-order valence-corrected chi connectivity index (χ1v) is 8.58. The predicted molar refractivity (Wildman–Crippen MR) is 99.1 cm³/mol. The van der Waals surface area contributed by atoms with Crippen LogP contribution >= 0.6 is 0 Å². The van der Waals surface area contributed by atoms with Gasteiger partial charge in [0, 0.05) is 58.1 Å². The quantitative estimate of drug-likeness (QED) is 0.729. The Morgan fingerprint density at radius 1 is 1.16 bits per heavy atom. The smallest absolute Gasteiger partial charge is 0.240 e. The van der Waals surface area contributed by atoms with Gasteiger partial charge in [-0.2, -0.15) is 0 Å². The van der Waals surface area contributed by atoms with Crippen LogP contribution in [0.25, 0.3) is 0 Å². The number of carbonyl (C=O) groups excluding carboxylic acids is 2. The molecule has 1 fully saturated rings. The summed E-state index contributed by atoms with van der Waals surface area (Å²) in [6.07, 6.45) is 0. The van der Waals surface area contributed by atoms with E-state index in [9.17, 15) is 9.59 Å². The van der Waals surface area contributed by atoms with E-state index >= 15 is 0 Å². The fourth-order valence-corrected chi connectivity index (χ4v) is 2.78. The average Bonchev–Trinajstić information content (AvgIpc) is 2.60. The molecule has 2 amide bonds. The Labute approximate surface area is 149 Å². The summed E-state index contributed by atoms with van der Waals surface area (Å²) in [7, 11) is 3.71. The van der Waals surface area contributed by atoms with Crippen LogP contribution in [0.2, 0.25) is 0 Å². The van der Waals surface area contributed by atoms with E-state index in [1.54, 1.807) is 7.11 Å². The normalized spacial score (nSPS) is 15.1. The lowest BCUT2D eigenvalue weighted by Crippen LogP contribution is -2.44. The van der Waals surface area contributed by atoms with Gasteiger partial charge in [0.25, 0.3) is 0 Å². The number of likely N-dealkylation sites (N-methyl/N-ethyl adjacent to an activating group) is 1. The van der Waals surface area contributed by atoms with E-state index in [0.717, 1.165) is 37.6 Å². The highest BCUT2D eigenvalue weighted by atomic mass is 16.5. The van der Waals surface area contributed by atoms with Gasteiger partial charge in [-0.05, 0) is 31.3 Å². The Morgan fingerprint density at radius 2 is 1.80 bits per heavy atom. The van der Waals surface area contributed by atoms with E-state index in [-0.39, 0.29) is 18.4 Å². The third kappa shape index (κ3) is 5.72. The maximum Gasteiger partial charge on any atom is 0.240 e. The second-order valence-electron chi connectivity index (χ2n) is 6.25. The van der Waals surface area contributed by atoms with Crippen LogP contribution in [0.5, 0.6) is 0 Å². The van der Waals surface area contributed by atoms with E-state index in [1.807, 2.05) is 24.3 Å². The van der Waals surface area contributed by atoms with Gasteiger partial charge in [-0.3, -0.25) is 9.59 Å². The number of benzene rings is 1. The molecule has 2 rings (SSSR count). The monoisotopic (exact) mass is 348 g/mol. The number of nitrogens with zero attached hydrogens (tertiary/aromatic N) is 3. The average molecular weight is 348 g/mol. The van der Waals surface area contributed by atoms with Gasteiger partial charge in [0.15, 0.2) is 0 Å². The first kappa shape index (κ1) is 19.2. The fourth-order valence-electron chi connectivity index (χ4n) is 2.78. The molecule has 1 aliphatic heterocycles. The molecule has 0 bridgehead atoms. The first-order chi connectivity index (χ1) is 12.0. The van der Waals surface area contributed by atoms with Gasteiger partial charge in [-0.1, -0.05) is 0 Å². The zero-order chi connectivity index (χ0) is 18.2. The van der Waals surface area contributed by atoms with Crippen LogP contribution in [-0.4, -0.2) is 76.7 Å². The Morgan fingerprint density at radius 3 is 2.36 bits per heavy atom. The van der Waals surface area contributed by atoms with Crippen molar-refractivity contribution in [2.75, 3.05) is 69.8 Å². The molecular formula is C18H28N4O3. The Kier molecular flexibility index (Phi) is 7.21. The zero-order valence-corrected chi connectivity index (χ0v) is 15.3. The molecule has 138 valence electrons. The molecular weight excluding hydrogens is 320 g/mol. The number of ether oxygens (including phenoxy) is 1. The van der Waals surface area contributed by atoms with Gasteiger partial charge < -0.3 is 24.8 Å². The van der Waals surface area contributed by atoms with E-state index in [0.29, 0.717) is 13.2 Å². The molecule has 0 unspecified atom stereocenters. The highest BCUT2D eigenvalue weighted by Crippen LogP contribution is 2.22. The fraction of sp³-hybridized carbons (Fsp3) is 0.556. The molecule has 0 spiro atoms. The molecule has 0 aliphatic carbocycles. The summed E-state index contributed by atoms with van der Waals surface area (Å²) in [6, 6.07) is 7.83. The van der Waals surface area contributed by atoms with Gasteiger partial charge in [-0.15, -0.1) is 0 Å². The van der Waals surface area contributed by atoms with Crippen molar-refractivity contribution in [1.29, 1.82) is 0 Å². The van der Waals surface area contributed by atoms with Crippen molar-refractivity contribution in [3.05, 3.63) is 24.3 Å². The standard InChI is InChI=1S/C18H28N4O3/c1-15(23)22(14-18(24)19-8-13-25-3)17-6-4-16(5-7-17)21-11-9-20(2)10-12-21/h4-7H,8-14H2,1-3H3,(H,19,24). The molecule has 1 N–H and O–H groups in total. The second kappa shape index (κ2) is 9.39. The molecule has 0 saturated carbocycles. The molecule has 25 heavy (non-hydrogen) atoms. The van der Waals surface area contributed by atoms with Crippen molar-refractivity contribution in [2.45, 2.75) is 6.92 Å². The molecule has 1 aliphatic rings. The van der Waals surface area contributed by atoms with Crippen molar-refractivity contribution in [1.82, 2.24) is 10.2 Å². The number of hydrogen-bond acceptors (Lipinski definition) is 5. The van der Waals surface area contributed by atoms with Gasteiger partial charge in [0.1, 0.15) is 6.54 Å². The predicted octanol–water partition coefficient (Wildman–Crippen LogP) is 0.554. The Bertz CT molecular complexity index is 568. The number of rotatable bonds is 7. The van der Waals surface area contributed by atoms with E-state index in [4.69, 9.17) is 4.74 Å². The Balaban J connectivity index is 1.99. The molecule has 0 atom stereocenters. The van der Waals surface area contributed by atoms with Crippen LogP contribution in [0.1, 0.15) is 6.92 Å². The topological polar surface area (TPSA) is 65.1 Å². The molecule has 7 nitrogen and oxygen atoms in total. The number of nitrogens with one attached hydrogen (secondary N) is 1. The first-order valence-electron chi connectivity index (χ1n) is 8.58. The van der Waals surface area contributed by atoms with Gasteiger partial charge >= 0.3 is 0 Å². The zero-order valence-electron chi connectivity index (χ0n) is 15.3. The van der Waals surface area contributed by atoms with Crippen molar-refractivity contribution < 1.29 is 14.3 Å². The number of carbonyl (C=O) groups is 2. The lowest BCUT2D eigenvalue weighted by Gasteiger charge is -2.34. The van der Waals surface area contributed by atoms with Gasteiger partial charge in [0.2, 0.25) is 11.8 Å². The summed E-state index contributed by atoms with van der Waals surface area (Å²) < 4.78 is 4.90. The van der Waals surface area contributed by atoms with Crippen molar-refractivity contribution >= 4 is 23.2 Å². The van der Waals surface area contributed by atoms with Gasteiger partial charge in [-0.25, -0.2) is 0 Å². The third-order valence-corrected chi connectivity index (χ3v) is 4.34. The summed E-state index contributed by atoms with van der Waals surface area (Å²) in [5.74, 6) is -0.357. The summed E-state index contributed by atoms with van der Waals surface area (Å²) in [4.78, 5) is 30.0. The number of methoxy groups -OCH3 is 1. The lowest BCUT2D eigenvalue weighted by molar-refractivity contribution is -0.123. The summed E-state index contributed by atoms with van der Waals surface area (Å²) >= 11 is 0. The maximum absolute atomic E-state index is 12.0. The van der Waals surface area contributed by atoms with Crippen LogP contribution in [-0.2, 0) is 14.3 Å². The third-order valence-electron chi connectivity index (χ3n) is 4.34. The maximum atomic E-state index is 12.0. The van der Waals surface area contributed by atoms with Crippen LogP contribution < -0.4 is 15.1 Å². The van der Waals surface area contributed by atoms with Crippen LogP contribution in [0.3, 0.4) is 0 Å². The van der Waals surface area contributed by atoms with Crippen molar-refractivity contribution in [3.63, 3.8) is 0 Å². The molecule has 1 aromatic rings. The minimum absolute atomic E-state index is 0.00685. The van der Waals surface area contributed by atoms with E-state index in [1.165, 1.54) is 11.8 Å². The molecule has 1 heterocycles. The minimum Gasteiger partial charge on any atom is -0.383 e. The molecule has 7 heteroatoms. The van der Waals surface area contributed by atoms with E-state index in [2.05, 4.69) is 22.2 Å². The van der Waals surface area contributed by atoms with Crippen LogP contribution in [0.4, 0.5) is 11.4 Å². The molecule has 0 radical (unpaired) electrons. The summed E-state index contributed by atoms with van der Waals surface area (Å²) in [6.45, 7) is 6.44.